The van der Waals surface area contributed by atoms with Crippen LogP contribution in [0.2, 0.25) is 0 Å². The van der Waals surface area contributed by atoms with E-state index < -0.39 is 5.41 Å². The molecule has 0 atom stereocenters. The monoisotopic (exact) mass is 366 g/mol. The van der Waals surface area contributed by atoms with Crippen LogP contribution in [0.15, 0.2) is 22.7 Å². The van der Waals surface area contributed by atoms with Crippen LogP contribution in [-0.4, -0.2) is 29.8 Å². The van der Waals surface area contributed by atoms with Gasteiger partial charge in [-0.2, -0.15) is 0 Å². The number of amides is 2. The fourth-order valence-corrected chi connectivity index (χ4v) is 2.93. The number of anilines is 1. The lowest BCUT2D eigenvalue weighted by atomic mass is 9.89. The molecule has 0 radical (unpaired) electrons. The predicted octanol–water partition coefficient (Wildman–Crippen LogP) is 3.73. The second-order valence-electron chi connectivity index (χ2n) is 6.40. The van der Waals surface area contributed by atoms with Crippen LogP contribution < -0.4 is 5.32 Å². The zero-order chi connectivity index (χ0) is 16.3. The highest BCUT2D eigenvalue weighted by atomic mass is 79.9. The Balaban J connectivity index is 2.08. The molecule has 1 aliphatic heterocycles. The Morgan fingerprint density at radius 1 is 1.18 bits per heavy atom. The molecule has 1 aromatic rings. The predicted molar refractivity (Wildman–Crippen MR) is 91.7 cm³/mol. The summed E-state index contributed by atoms with van der Waals surface area (Å²) in [5, 5.41) is 2.85. The zero-order valence-corrected chi connectivity index (χ0v) is 15.0. The SMILES string of the molecule is Cc1ccc(NC(=O)C(C)(C)C(=O)N2CCCCC2)cc1Br. The van der Waals surface area contributed by atoms with Gasteiger partial charge >= 0.3 is 0 Å². The minimum atomic E-state index is -1.06. The number of benzene rings is 1. The van der Waals surface area contributed by atoms with Crippen molar-refractivity contribution in [3.05, 3.63) is 28.2 Å². The van der Waals surface area contributed by atoms with Crippen molar-refractivity contribution in [2.24, 2.45) is 5.41 Å². The van der Waals surface area contributed by atoms with Gasteiger partial charge in [0, 0.05) is 23.2 Å². The number of carbonyl (C=O) groups is 2. The summed E-state index contributed by atoms with van der Waals surface area (Å²) in [4.78, 5) is 27.0. The number of nitrogens with zero attached hydrogens (tertiary/aromatic N) is 1. The Kier molecular flexibility index (Phi) is 5.27. The molecule has 1 fully saturated rings. The molecule has 5 heteroatoms. The first-order valence-corrected chi connectivity index (χ1v) is 8.48. The normalized spacial score (nSPS) is 15.5. The molecule has 1 aromatic carbocycles. The van der Waals surface area contributed by atoms with Gasteiger partial charge in [0.2, 0.25) is 11.8 Å². The minimum absolute atomic E-state index is 0.0872. The summed E-state index contributed by atoms with van der Waals surface area (Å²) in [6.07, 6.45) is 3.20. The summed E-state index contributed by atoms with van der Waals surface area (Å²) in [5.74, 6) is -0.352. The number of halogens is 1. The van der Waals surface area contributed by atoms with Gasteiger partial charge in [-0.05, 0) is 57.7 Å². The average Bonchev–Trinajstić information content (AvgIpc) is 2.51. The van der Waals surface area contributed by atoms with Gasteiger partial charge in [-0.25, -0.2) is 0 Å². The van der Waals surface area contributed by atoms with Crippen molar-refractivity contribution in [2.75, 3.05) is 18.4 Å². The molecule has 0 bridgehead atoms. The summed E-state index contributed by atoms with van der Waals surface area (Å²) in [7, 11) is 0. The highest BCUT2D eigenvalue weighted by molar-refractivity contribution is 9.10. The van der Waals surface area contributed by atoms with Gasteiger partial charge in [0.05, 0.1) is 0 Å². The maximum absolute atomic E-state index is 12.6. The molecule has 1 N–H and O–H groups in total. The fraction of sp³-hybridized carbons (Fsp3) is 0.529. The van der Waals surface area contributed by atoms with Crippen LogP contribution in [0.5, 0.6) is 0 Å². The number of nitrogens with one attached hydrogen (secondary N) is 1. The molecule has 0 unspecified atom stereocenters. The molecule has 0 aromatic heterocycles. The number of hydrogen-bond donors (Lipinski definition) is 1. The van der Waals surface area contributed by atoms with Gasteiger partial charge in [-0.3, -0.25) is 9.59 Å². The van der Waals surface area contributed by atoms with Crippen molar-refractivity contribution in [2.45, 2.75) is 40.0 Å². The summed E-state index contributed by atoms with van der Waals surface area (Å²) in [5.41, 5.74) is 0.734. The smallest absolute Gasteiger partial charge is 0.239 e. The third-order valence-corrected chi connectivity index (χ3v) is 5.03. The number of rotatable bonds is 3. The van der Waals surface area contributed by atoms with E-state index in [4.69, 9.17) is 0 Å². The third kappa shape index (κ3) is 3.69. The molecule has 0 aliphatic carbocycles. The van der Waals surface area contributed by atoms with Crippen molar-refractivity contribution in [3.63, 3.8) is 0 Å². The molecule has 2 amide bonds. The summed E-state index contributed by atoms with van der Waals surface area (Å²) >= 11 is 3.45. The maximum Gasteiger partial charge on any atom is 0.239 e. The lowest BCUT2D eigenvalue weighted by molar-refractivity contribution is -0.147. The molecule has 1 heterocycles. The van der Waals surface area contributed by atoms with Gasteiger partial charge in [0.15, 0.2) is 0 Å². The van der Waals surface area contributed by atoms with Gasteiger partial charge < -0.3 is 10.2 Å². The van der Waals surface area contributed by atoms with Crippen molar-refractivity contribution < 1.29 is 9.59 Å². The topological polar surface area (TPSA) is 49.4 Å². The minimum Gasteiger partial charge on any atom is -0.342 e. The Hall–Kier alpha value is -1.36. The van der Waals surface area contributed by atoms with Gasteiger partial charge in [0.25, 0.3) is 0 Å². The molecule has 4 nitrogen and oxygen atoms in total. The van der Waals surface area contributed by atoms with E-state index in [2.05, 4.69) is 21.2 Å². The molecule has 0 saturated carbocycles. The molecule has 1 aliphatic rings. The van der Waals surface area contributed by atoms with E-state index in [9.17, 15) is 9.59 Å². The Bertz CT molecular complexity index is 578. The Morgan fingerprint density at radius 3 is 2.41 bits per heavy atom. The second kappa shape index (κ2) is 6.82. The lowest BCUT2D eigenvalue weighted by Gasteiger charge is -2.33. The van der Waals surface area contributed by atoms with E-state index in [0.29, 0.717) is 5.69 Å². The molecule has 0 spiro atoms. The van der Waals surface area contributed by atoms with Gasteiger partial charge in [-0.15, -0.1) is 0 Å². The van der Waals surface area contributed by atoms with E-state index in [-0.39, 0.29) is 11.8 Å². The average molecular weight is 367 g/mol. The third-order valence-electron chi connectivity index (χ3n) is 4.18. The van der Waals surface area contributed by atoms with Crippen molar-refractivity contribution in [3.8, 4) is 0 Å². The van der Waals surface area contributed by atoms with Crippen LogP contribution >= 0.6 is 15.9 Å². The number of likely N-dealkylation sites (tertiary alicyclic amines) is 1. The van der Waals surface area contributed by atoms with E-state index in [1.54, 1.807) is 13.8 Å². The first kappa shape index (κ1) is 17.0. The summed E-state index contributed by atoms with van der Waals surface area (Å²) in [6, 6.07) is 5.63. The Labute approximate surface area is 140 Å². The highest BCUT2D eigenvalue weighted by Crippen LogP contribution is 2.26. The van der Waals surface area contributed by atoms with Crippen LogP contribution in [0.1, 0.15) is 38.7 Å². The van der Waals surface area contributed by atoms with E-state index in [0.717, 1.165) is 42.4 Å². The summed E-state index contributed by atoms with van der Waals surface area (Å²) < 4.78 is 0.936. The first-order chi connectivity index (χ1) is 10.3. The number of carbonyl (C=O) groups excluding carboxylic acids is 2. The van der Waals surface area contributed by atoms with Crippen LogP contribution in [0.3, 0.4) is 0 Å². The fourth-order valence-electron chi connectivity index (χ4n) is 2.55. The standard InChI is InChI=1S/C17H23BrN2O2/c1-12-7-8-13(11-14(12)18)19-15(21)17(2,3)16(22)20-9-5-4-6-10-20/h7-8,11H,4-6,9-10H2,1-3H3,(H,19,21). The van der Waals surface area contributed by atoms with E-state index in [1.165, 1.54) is 0 Å². The first-order valence-electron chi connectivity index (χ1n) is 7.69. The zero-order valence-electron chi connectivity index (χ0n) is 13.4. The molecule has 22 heavy (non-hydrogen) atoms. The summed E-state index contributed by atoms with van der Waals surface area (Å²) in [6.45, 7) is 6.89. The molecular weight excluding hydrogens is 344 g/mol. The van der Waals surface area contributed by atoms with Crippen LogP contribution in [-0.2, 0) is 9.59 Å². The lowest BCUT2D eigenvalue weighted by Crippen LogP contribution is -2.48. The van der Waals surface area contributed by atoms with Crippen LogP contribution in [0.4, 0.5) is 5.69 Å². The van der Waals surface area contributed by atoms with Crippen LogP contribution in [0, 0.1) is 12.3 Å². The van der Waals surface area contributed by atoms with E-state index >= 15 is 0 Å². The van der Waals surface area contributed by atoms with Gasteiger partial charge in [-0.1, -0.05) is 22.0 Å². The quantitative estimate of drug-likeness (QED) is 0.828. The molecule has 2 rings (SSSR count). The van der Waals surface area contributed by atoms with E-state index in [1.807, 2.05) is 30.0 Å². The maximum atomic E-state index is 12.6. The number of aryl methyl sites for hydroxylation is 1. The largest absolute Gasteiger partial charge is 0.342 e. The second-order valence-corrected chi connectivity index (χ2v) is 7.25. The van der Waals surface area contributed by atoms with Gasteiger partial charge in [0.1, 0.15) is 5.41 Å². The number of hydrogen-bond acceptors (Lipinski definition) is 2. The van der Waals surface area contributed by atoms with Crippen molar-refractivity contribution >= 4 is 33.4 Å². The molecular formula is C17H23BrN2O2. The number of piperidine rings is 1. The highest BCUT2D eigenvalue weighted by Gasteiger charge is 2.39. The Morgan fingerprint density at radius 2 is 1.82 bits per heavy atom. The van der Waals surface area contributed by atoms with Crippen molar-refractivity contribution in [1.82, 2.24) is 4.90 Å². The van der Waals surface area contributed by atoms with Crippen molar-refractivity contribution in [1.29, 1.82) is 0 Å². The molecule has 120 valence electrons. The molecule has 1 saturated heterocycles. The van der Waals surface area contributed by atoms with Crippen LogP contribution in [0.25, 0.3) is 0 Å².